The first kappa shape index (κ1) is 13.4. The van der Waals surface area contributed by atoms with Crippen LogP contribution in [0.2, 0.25) is 0 Å². The van der Waals surface area contributed by atoms with Crippen LogP contribution in [0.1, 0.15) is 25.8 Å². The number of benzene rings is 1. The number of amides is 3. The maximum atomic E-state index is 11.9. The van der Waals surface area contributed by atoms with E-state index in [2.05, 4.69) is 5.32 Å². The van der Waals surface area contributed by atoms with Crippen LogP contribution in [0.5, 0.6) is 5.75 Å². The number of nitrogens with one attached hydrogen (secondary N) is 1. The van der Waals surface area contributed by atoms with Crippen molar-refractivity contribution >= 4 is 11.9 Å². The van der Waals surface area contributed by atoms with Gasteiger partial charge in [-0.2, -0.15) is 0 Å². The summed E-state index contributed by atoms with van der Waals surface area (Å²) in [6, 6.07) is 7.15. The number of hydrogen-bond acceptors (Lipinski definition) is 3. The first-order chi connectivity index (χ1) is 9.02. The number of nitrogens with zero attached hydrogens (tertiary/aromatic N) is 1. The number of rotatable bonds is 4. The molecule has 1 atom stereocenters. The Morgan fingerprint density at radius 3 is 2.63 bits per heavy atom. The van der Waals surface area contributed by atoms with E-state index in [1.165, 1.54) is 0 Å². The summed E-state index contributed by atoms with van der Waals surface area (Å²) in [4.78, 5) is 25.4. The van der Waals surface area contributed by atoms with Crippen LogP contribution >= 0.6 is 0 Å². The van der Waals surface area contributed by atoms with Crippen LogP contribution in [0.3, 0.4) is 0 Å². The van der Waals surface area contributed by atoms with Crippen LogP contribution in [-0.4, -0.2) is 29.5 Å². The summed E-state index contributed by atoms with van der Waals surface area (Å²) in [6.45, 7) is 4.03. The molecule has 1 aliphatic heterocycles. The van der Waals surface area contributed by atoms with Crippen molar-refractivity contribution in [1.82, 2.24) is 10.2 Å². The first-order valence-electron chi connectivity index (χ1n) is 6.28. The molecule has 1 unspecified atom stereocenters. The van der Waals surface area contributed by atoms with Crippen molar-refractivity contribution in [3.05, 3.63) is 29.8 Å². The minimum Gasteiger partial charge on any atom is -0.496 e. The second-order valence-corrected chi connectivity index (χ2v) is 4.78. The number of methoxy groups -OCH3 is 1. The van der Waals surface area contributed by atoms with E-state index < -0.39 is 5.54 Å². The molecule has 0 radical (unpaired) electrons. The Morgan fingerprint density at radius 2 is 2.00 bits per heavy atom. The van der Waals surface area contributed by atoms with Crippen molar-refractivity contribution in [1.29, 1.82) is 0 Å². The molecule has 5 heteroatoms. The van der Waals surface area contributed by atoms with Crippen molar-refractivity contribution in [2.75, 3.05) is 7.11 Å². The van der Waals surface area contributed by atoms with Crippen molar-refractivity contribution < 1.29 is 14.3 Å². The topological polar surface area (TPSA) is 58.6 Å². The van der Waals surface area contributed by atoms with Crippen LogP contribution in [0.15, 0.2) is 24.3 Å². The highest BCUT2D eigenvalue weighted by atomic mass is 16.5. The summed E-state index contributed by atoms with van der Waals surface area (Å²) in [7, 11) is 1.59. The summed E-state index contributed by atoms with van der Waals surface area (Å²) in [6.07, 6.45) is 0.569. The van der Waals surface area contributed by atoms with Crippen LogP contribution in [0, 0.1) is 0 Å². The lowest BCUT2D eigenvalue weighted by Gasteiger charge is -2.31. The molecule has 1 aromatic carbocycles. The van der Waals surface area contributed by atoms with Crippen LogP contribution in [-0.2, 0) is 11.3 Å². The minimum absolute atomic E-state index is 0.241. The molecule has 0 aliphatic carbocycles. The third kappa shape index (κ3) is 2.16. The highest BCUT2D eigenvalue weighted by molar-refractivity contribution is 6.06. The SMILES string of the molecule is CCC1(C)C(=O)NC(=O)N1Cc1ccccc1OC. The van der Waals surface area contributed by atoms with Crippen molar-refractivity contribution in [2.45, 2.75) is 32.4 Å². The average molecular weight is 262 g/mol. The van der Waals surface area contributed by atoms with Gasteiger partial charge in [0.1, 0.15) is 11.3 Å². The molecule has 1 aromatic rings. The van der Waals surface area contributed by atoms with E-state index in [1.54, 1.807) is 18.9 Å². The third-order valence-electron chi connectivity index (χ3n) is 3.76. The standard InChI is InChI=1S/C14H18N2O3/c1-4-14(2)12(17)15-13(18)16(14)9-10-7-5-6-8-11(10)19-3/h5-8H,4,9H2,1-3H3,(H,15,17,18). The van der Waals surface area contributed by atoms with E-state index in [4.69, 9.17) is 4.74 Å². The fraction of sp³-hybridized carbons (Fsp3) is 0.429. The Hall–Kier alpha value is -2.04. The molecule has 3 amide bonds. The molecule has 1 heterocycles. The number of carbonyl (C=O) groups excluding carboxylic acids is 2. The van der Waals surface area contributed by atoms with Gasteiger partial charge in [0.25, 0.3) is 5.91 Å². The van der Waals surface area contributed by atoms with E-state index in [9.17, 15) is 9.59 Å². The molecule has 5 nitrogen and oxygen atoms in total. The second kappa shape index (κ2) is 4.91. The van der Waals surface area contributed by atoms with Gasteiger partial charge in [-0.15, -0.1) is 0 Å². The Labute approximate surface area is 112 Å². The lowest BCUT2D eigenvalue weighted by Crippen LogP contribution is -2.46. The van der Waals surface area contributed by atoms with Gasteiger partial charge in [0.05, 0.1) is 13.7 Å². The Kier molecular flexibility index (Phi) is 3.46. The molecule has 0 aromatic heterocycles. The average Bonchev–Trinajstić information content (AvgIpc) is 2.63. The fourth-order valence-electron chi connectivity index (χ4n) is 2.25. The molecule has 1 fully saturated rings. The van der Waals surface area contributed by atoms with Gasteiger partial charge < -0.3 is 9.64 Å². The normalized spacial score (nSPS) is 22.6. The summed E-state index contributed by atoms with van der Waals surface area (Å²) < 4.78 is 5.28. The lowest BCUT2D eigenvalue weighted by molar-refractivity contribution is -0.126. The minimum atomic E-state index is -0.794. The van der Waals surface area contributed by atoms with Gasteiger partial charge in [-0.1, -0.05) is 25.1 Å². The molecule has 1 N–H and O–H groups in total. The van der Waals surface area contributed by atoms with Crippen LogP contribution < -0.4 is 10.1 Å². The highest BCUT2D eigenvalue weighted by Gasteiger charge is 2.47. The van der Waals surface area contributed by atoms with Gasteiger partial charge in [0, 0.05) is 5.56 Å². The molecule has 1 aliphatic rings. The molecular weight excluding hydrogens is 244 g/mol. The number of para-hydroxylation sites is 1. The molecule has 0 bridgehead atoms. The quantitative estimate of drug-likeness (QED) is 0.843. The number of imide groups is 1. The van der Waals surface area contributed by atoms with Gasteiger partial charge in [-0.05, 0) is 19.4 Å². The Bertz CT molecular complexity index is 515. The number of ether oxygens (including phenoxy) is 1. The highest BCUT2D eigenvalue weighted by Crippen LogP contribution is 2.29. The number of urea groups is 1. The second-order valence-electron chi connectivity index (χ2n) is 4.78. The monoisotopic (exact) mass is 262 g/mol. The number of hydrogen-bond donors (Lipinski definition) is 1. The fourth-order valence-corrected chi connectivity index (χ4v) is 2.25. The molecule has 19 heavy (non-hydrogen) atoms. The van der Waals surface area contributed by atoms with Crippen molar-refractivity contribution in [3.63, 3.8) is 0 Å². The van der Waals surface area contributed by atoms with E-state index in [0.29, 0.717) is 18.7 Å². The zero-order valence-corrected chi connectivity index (χ0v) is 11.4. The van der Waals surface area contributed by atoms with E-state index in [0.717, 1.165) is 5.56 Å². The summed E-state index contributed by atoms with van der Waals surface area (Å²) in [5.74, 6) is 0.475. The molecular formula is C14H18N2O3. The number of carbonyl (C=O) groups is 2. The Balaban J connectivity index is 2.31. The van der Waals surface area contributed by atoms with Gasteiger partial charge in [-0.3, -0.25) is 10.1 Å². The predicted octanol–water partition coefficient (Wildman–Crippen LogP) is 1.92. The van der Waals surface area contributed by atoms with Gasteiger partial charge in [0.15, 0.2) is 0 Å². The maximum Gasteiger partial charge on any atom is 0.325 e. The van der Waals surface area contributed by atoms with Crippen LogP contribution in [0.25, 0.3) is 0 Å². The van der Waals surface area contributed by atoms with Crippen molar-refractivity contribution in [2.24, 2.45) is 0 Å². The summed E-state index contributed by atoms with van der Waals surface area (Å²) >= 11 is 0. The third-order valence-corrected chi connectivity index (χ3v) is 3.76. The largest absolute Gasteiger partial charge is 0.496 e. The Morgan fingerprint density at radius 1 is 1.32 bits per heavy atom. The summed E-state index contributed by atoms with van der Waals surface area (Å²) in [5.41, 5.74) is 0.0901. The zero-order chi connectivity index (χ0) is 14.0. The van der Waals surface area contributed by atoms with Crippen molar-refractivity contribution in [3.8, 4) is 5.75 Å². The van der Waals surface area contributed by atoms with E-state index in [1.807, 2.05) is 31.2 Å². The van der Waals surface area contributed by atoms with Gasteiger partial charge in [0.2, 0.25) is 0 Å². The summed E-state index contributed by atoms with van der Waals surface area (Å²) in [5, 5.41) is 2.37. The zero-order valence-electron chi connectivity index (χ0n) is 11.4. The first-order valence-corrected chi connectivity index (χ1v) is 6.28. The molecule has 2 rings (SSSR count). The predicted molar refractivity (Wildman–Crippen MR) is 70.8 cm³/mol. The smallest absolute Gasteiger partial charge is 0.325 e. The van der Waals surface area contributed by atoms with E-state index >= 15 is 0 Å². The molecule has 0 saturated carbocycles. The maximum absolute atomic E-state index is 11.9. The molecule has 102 valence electrons. The molecule has 0 spiro atoms. The molecule has 1 saturated heterocycles. The lowest BCUT2D eigenvalue weighted by atomic mass is 9.97. The van der Waals surface area contributed by atoms with Gasteiger partial charge >= 0.3 is 6.03 Å². The van der Waals surface area contributed by atoms with Gasteiger partial charge in [-0.25, -0.2) is 4.79 Å². The van der Waals surface area contributed by atoms with E-state index in [-0.39, 0.29) is 11.9 Å². The van der Waals surface area contributed by atoms with Crippen LogP contribution in [0.4, 0.5) is 4.79 Å².